The number of carbonyl (C=O) groups excluding carboxylic acids is 3. The Bertz CT molecular complexity index is 2620. The first-order valence-electron chi connectivity index (χ1n) is 41.4. The van der Waals surface area contributed by atoms with E-state index in [-0.39, 0.29) is 19.3 Å². The van der Waals surface area contributed by atoms with Crippen LogP contribution in [-0.2, 0) is 55.8 Å². The van der Waals surface area contributed by atoms with E-state index in [0.29, 0.717) is 19.3 Å². The van der Waals surface area contributed by atoms with Crippen molar-refractivity contribution in [2.24, 2.45) is 0 Å². The molecule has 0 heterocycles. The van der Waals surface area contributed by atoms with Crippen molar-refractivity contribution in [1.82, 2.24) is 0 Å². The van der Waals surface area contributed by atoms with Gasteiger partial charge in [-0.3, -0.25) is 32.5 Å². The summed E-state index contributed by atoms with van der Waals surface area (Å²) in [5, 5.41) is 20.7. The Labute approximate surface area is 650 Å². The Kier molecular flexibility index (Phi) is 76.6. The van der Waals surface area contributed by atoms with Crippen LogP contribution in [0, 0.1) is 0 Å². The van der Waals surface area contributed by atoms with Crippen molar-refractivity contribution in [1.29, 1.82) is 0 Å². The van der Waals surface area contributed by atoms with Gasteiger partial charge in [0.25, 0.3) is 0 Å². The van der Waals surface area contributed by atoms with E-state index in [1.807, 2.05) is 0 Å². The lowest BCUT2D eigenvalue weighted by atomic mass is 10.1. The molecule has 0 aromatic heterocycles. The van der Waals surface area contributed by atoms with Gasteiger partial charge in [-0.2, -0.15) is 0 Å². The van der Waals surface area contributed by atoms with E-state index in [9.17, 15) is 43.5 Å². The van der Waals surface area contributed by atoms with Crippen molar-refractivity contribution in [2.45, 2.75) is 334 Å². The van der Waals surface area contributed by atoms with Gasteiger partial charge in [-0.1, -0.05) is 313 Å². The molecule has 0 spiro atoms. The summed E-state index contributed by atoms with van der Waals surface area (Å²) in [5.74, 6) is -1.61. The minimum absolute atomic E-state index is 0.0836. The first kappa shape index (κ1) is 102. The average molecular weight is 1540 g/mol. The number of ether oxygens (including phenoxy) is 3. The van der Waals surface area contributed by atoms with Crippen LogP contribution in [0.15, 0.2) is 170 Å². The number of rotatable bonds is 77. The minimum atomic E-state index is -4.95. The Morgan fingerprint density at radius 2 is 0.495 bits per heavy atom. The van der Waals surface area contributed by atoms with Crippen molar-refractivity contribution in [3.8, 4) is 0 Å². The van der Waals surface area contributed by atoms with Crippen molar-refractivity contribution in [2.75, 3.05) is 39.6 Å². The molecule has 610 valence electrons. The molecule has 0 aliphatic rings. The fourth-order valence-electron chi connectivity index (χ4n) is 10.7. The van der Waals surface area contributed by atoms with Gasteiger partial charge in [-0.05, 0) is 154 Å². The zero-order chi connectivity index (χ0) is 78.0. The highest BCUT2D eigenvalue weighted by Gasteiger charge is 2.29. The zero-order valence-corrected chi connectivity index (χ0v) is 68.5. The number of carbonyl (C=O) groups is 3. The Morgan fingerprint density at radius 3 is 0.785 bits per heavy atom. The van der Waals surface area contributed by atoms with Crippen LogP contribution >= 0.6 is 15.6 Å². The predicted molar refractivity (Wildman–Crippen MR) is 445 cm³/mol. The molecule has 0 rings (SSSR count). The molecule has 0 radical (unpaired) electrons. The first-order chi connectivity index (χ1) is 52.2. The number of hydrogen-bond acceptors (Lipinski definition) is 14. The number of unbranched alkanes of at least 4 members (excludes halogenated alkanes) is 26. The molecule has 0 aromatic carbocycles. The molecule has 0 aliphatic heterocycles. The summed E-state index contributed by atoms with van der Waals surface area (Å²) in [5.41, 5.74) is 0. The maximum atomic E-state index is 13.0. The van der Waals surface area contributed by atoms with Crippen LogP contribution in [0.1, 0.15) is 316 Å². The second-order valence-corrected chi connectivity index (χ2v) is 30.1. The van der Waals surface area contributed by atoms with Gasteiger partial charge in [0.1, 0.15) is 25.4 Å². The third kappa shape index (κ3) is 81.7. The maximum Gasteiger partial charge on any atom is 0.472 e. The first-order valence-corrected chi connectivity index (χ1v) is 44.4. The van der Waals surface area contributed by atoms with E-state index in [2.05, 4.69) is 191 Å². The lowest BCUT2D eigenvalue weighted by Crippen LogP contribution is -2.30. The largest absolute Gasteiger partial charge is 0.472 e. The molecule has 0 amide bonds. The Hall–Kier alpha value is -5.09. The zero-order valence-electron chi connectivity index (χ0n) is 66.7. The Balaban J connectivity index is 4.73. The van der Waals surface area contributed by atoms with Gasteiger partial charge in [0.05, 0.1) is 26.4 Å². The summed E-state index contributed by atoms with van der Waals surface area (Å²) in [6, 6.07) is 0. The van der Waals surface area contributed by atoms with Crippen molar-refractivity contribution < 1.29 is 75.8 Å². The highest BCUT2D eigenvalue weighted by atomic mass is 31.2. The average Bonchev–Trinajstić information content (AvgIpc) is 0.903. The van der Waals surface area contributed by atoms with Crippen molar-refractivity contribution >= 4 is 33.6 Å². The van der Waals surface area contributed by atoms with Crippen LogP contribution < -0.4 is 0 Å². The quantitative estimate of drug-likeness (QED) is 0.0146. The SMILES string of the molecule is CC/C=C\C/C=C\C/C=C\C/C=C\C/C=C\CCCCCCCCCCCC(=O)OCC(O)COP(=O)(O)OCC(O)COP(=O)(O)OCC(COC(=O)CCCCCCCCC/C=C\C/C=C\C/C=C\C/C=C\C/C=C\CC)OC(=O)CCCCCCCCC/C=C\C/C=C\C/C=C\C/C=C\CCCCC. The molecule has 0 saturated carbocycles. The van der Waals surface area contributed by atoms with E-state index in [0.717, 1.165) is 205 Å². The molecule has 0 saturated heterocycles. The molecule has 4 N–H and O–H groups in total. The molecule has 0 fully saturated rings. The monoisotopic (exact) mass is 1540 g/mol. The normalized spacial score (nSPS) is 14.8. The Morgan fingerprint density at radius 1 is 0.271 bits per heavy atom. The van der Waals surface area contributed by atoms with Gasteiger partial charge in [0, 0.05) is 19.3 Å². The molecule has 5 unspecified atom stereocenters. The summed E-state index contributed by atoms with van der Waals surface area (Å²) >= 11 is 0. The third-order valence-electron chi connectivity index (χ3n) is 16.9. The fourth-order valence-corrected chi connectivity index (χ4v) is 12.3. The number of allylic oxidation sites excluding steroid dienone is 28. The van der Waals surface area contributed by atoms with Gasteiger partial charge in [0.2, 0.25) is 0 Å². The molecule has 5 atom stereocenters. The summed E-state index contributed by atoms with van der Waals surface area (Å²) in [4.78, 5) is 58.8. The number of aliphatic hydroxyl groups excluding tert-OH is 2. The van der Waals surface area contributed by atoms with Crippen molar-refractivity contribution in [3.05, 3.63) is 170 Å². The van der Waals surface area contributed by atoms with Crippen molar-refractivity contribution in [3.63, 3.8) is 0 Å². The highest BCUT2D eigenvalue weighted by Crippen LogP contribution is 2.45. The van der Waals surface area contributed by atoms with Crippen LogP contribution in [0.2, 0.25) is 0 Å². The topological polar surface area (TPSA) is 231 Å². The maximum absolute atomic E-state index is 13.0. The van der Waals surface area contributed by atoms with Crippen LogP contribution in [0.5, 0.6) is 0 Å². The van der Waals surface area contributed by atoms with Gasteiger partial charge in [0.15, 0.2) is 6.10 Å². The third-order valence-corrected chi connectivity index (χ3v) is 18.8. The van der Waals surface area contributed by atoms with E-state index in [1.54, 1.807) is 0 Å². The molecule has 18 heteroatoms. The lowest BCUT2D eigenvalue weighted by molar-refractivity contribution is -0.161. The van der Waals surface area contributed by atoms with Gasteiger partial charge in [-0.15, -0.1) is 0 Å². The van der Waals surface area contributed by atoms with E-state index < -0.39 is 91.5 Å². The minimum Gasteiger partial charge on any atom is -0.463 e. The number of aliphatic hydroxyl groups is 2. The van der Waals surface area contributed by atoms with Crippen LogP contribution in [-0.4, -0.2) is 95.9 Å². The lowest BCUT2D eigenvalue weighted by Gasteiger charge is -2.21. The molecular weight excluding hydrogens is 1390 g/mol. The molecule has 107 heavy (non-hydrogen) atoms. The smallest absolute Gasteiger partial charge is 0.463 e. The molecule has 0 bridgehead atoms. The molecular formula is C89H148O16P2. The highest BCUT2D eigenvalue weighted by molar-refractivity contribution is 7.47. The fraction of sp³-hybridized carbons (Fsp3) is 0.652. The number of hydrogen-bond donors (Lipinski definition) is 4. The van der Waals surface area contributed by atoms with E-state index >= 15 is 0 Å². The summed E-state index contributed by atoms with van der Waals surface area (Å²) in [6.07, 6.45) is 102. The van der Waals surface area contributed by atoms with Gasteiger partial charge < -0.3 is 34.2 Å². The molecule has 0 aliphatic carbocycles. The van der Waals surface area contributed by atoms with Gasteiger partial charge >= 0.3 is 33.6 Å². The van der Waals surface area contributed by atoms with E-state index in [1.165, 1.54) is 51.4 Å². The molecule has 16 nitrogen and oxygen atoms in total. The second-order valence-electron chi connectivity index (χ2n) is 27.2. The predicted octanol–water partition coefficient (Wildman–Crippen LogP) is 24.8. The number of phosphoric acid groups is 2. The molecule has 0 aromatic rings. The van der Waals surface area contributed by atoms with Crippen LogP contribution in [0.4, 0.5) is 0 Å². The number of phosphoric ester groups is 2. The second kappa shape index (κ2) is 80.4. The van der Waals surface area contributed by atoms with Crippen LogP contribution in [0.25, 0.3) is 0 Å². The van der Waals surface area contributed by atoms with E-state index in [4.69, 9.17) is 32.3 Å². The van der Waals surface area contributed by atoms with Crippen LogP contribution in [0.3, 0.4) is 0 Å². The standard InChI is InChI=1S/C89H148O16P2/c1-4-7-10-13-16-19-22-25-28-31-34-37-40-41-44-46-48-51-54-57-60-63-66-69-72-75-87(92)99-78-84(90)79-101-106(95,96)102-80-85(91)81-103-107(97,98)104-83-86(105-89(94)77-74-71-68-65-62-59-56-53-50-47-43-39-36-33-30-27-24-21-18-15-12-9-6-3)82-100-88(93)76-73-70-67-64-61-58-55-52-49-45-42-38-35-32-29-26-23-20-17-14-11-8-5-2/h7-8,10-11,16-21,25-30,34-39,41,44-45,47,49-50,84-86,90-91H,4-6,9,12-15,22-24,31-33,40,42-43,46,48,51-83H2,1-3H3,(H,95,96)(H,97,98)/b10-7-,11-8-,19-16-,20-17-,21-18-,28-25-,29-26-,30-27-,37-34-,38-35-,39-36-,44-41-,49-45-,50-47-. The summed E-state index contributed by atoms with van der Waals surface area (Å²) in [7, 11) is -9.82. The summed E-state index contributed by atoms with van der Waals surface area (Å²) < 4.78 is 61.3. The van der Waals surface area contributed by atoms with Gasteiger partial charge in [-0.25, -0.2) is 9.13 Å². The number of esters is 3. The summed E-state index contributed by atoms with van der Waals surface area (Å²) in [6.45, 7) is 2.40.